The number of rotatable bonds is 8. The van der Waals surface area contributed by atoms with Crippen LogP contribution >= 0.6 is 36.0 Å². The fraction of sp³-hybridized carbons (Fsp3) is 0.545. The topological polar surface area (TPSA) is 142 Å². The molecule has 2 saturated heterocycles. The molecule has 3 rings (SSSR count). The van der Waals surface area contributed by atoms with Crippen molar-refractivity contribution in [1.82, 2.24) is 15.1 Å². The quantitative estimate of drug-likeness (QED) is 0.145. The van der Waals surface area contributed by atoms with Gasteiger partial charge in [-0.15, -0.1) is 0 Å². The summed E-state index contributed by atoms with van der Waals surface area (Å²) in [5.41, 5.74) is 1.08. The van der Waals surface area contributed by atoms with Gasteiger partial charge in [-0.25, -0.2) is 0 Å². The third-order valence-electron chi connectivity index (χ3n) is 4.92. The van der Waals surface area contributed by atoms with Crippen molar-refractivity contribution in [3.8, 4) is 0 Å². The predicted octanol–water partition coefficient (Wildman–Crippen LogP) is 1.32. The number of carbonyl (C=O) groups is 1. The number of nitrogens with zero attached hydrogens (tertiary/aromatic N) is 5. The molecule has 0 bridgehead atoms. The van der Waals surface area contributed by atoms with Crippen LogP contribution in [0.15, 0.2) is 39.5 Å². The molecule has 2 fully saturated rings. The Morgan fingerprint density at radius 1 is 1.03 bits per heavy atom. The van der Waals surface area contributed by atoms with Crippen molar-refractivity contribution in [3.63, 3.8) is 0 Å². The number of carbonyl (C=O) groups excluding carboxylic acids is 1. The number of allylic oxidation sites excluding steroid dienone is 5. The first-order chi connectivity index (χ1) is 16.5. The molecule has 0 amide bonds. The molecule has 0 saturated carbocycles. The van der Waals surface area contributed by atoms with Gasteiger partial charge in [-0.3, -0.25) is 19.6 Å². The number of nitrogens with one attached hydrogen (secondary N) is 1. The van der Waals surface area contributed by atoms with E-state index in [-0.39, 0.29) is 28.3 Å². The molecule has 0 unspecified atom stereocenters. The second-order valence-corrected chi connectivity index (χ2v) is 7.94. The largest absolute Gasteiger partial charge is 2.00 e. The average Bonchev–Trinajstić information content (AvgIpc) is 2.84. The van der Waals surface area contributed by atoms with Crippen LogP contribution in [0.3, 0.4) is 0 Å². The summed E-state index contributed by atoms with van der Waals surface area (Å²) in [6.07, 6.45) is 6.75. The van der Waals surface area contributed by atoms with Gasteiger partial charge in [0, 0.05) is 74.4 Å². The average molecular weight is 598 g/mol. The fourth-order valence-electron chi connectivity index (χ4n) is 3.26. The number of thiocarbonyl (C=S) groups is 2. The summed E-state index contributed by atoms with van der Waals surface area (Å²) in [7, 11) is 0. The first kappa shape index (κ1) is 36.7. The van der Waals surface area contributed by atoms with E-state index in [2.05, 4.69) is 44.5 Å². The van der Waals surface area contributed by atoms with Crippen molar-refractivity contribution in [2.45, 2.75) is 0 Å². The van der Waals surface area contributed by atoms with Crippen LogP contribution in [0.25, 0.3) is 10.8 Å². The Bertz CT molecular complexity index is 820. The van der Waals surface area contributed by atoms with Crippen LogP contribution in [-0.4, -0.2) is 116 Å². The molecule has 0 aromatic heterocycles. The Kier molecular flexibility index (Phi) is 24.4. The number of hydrogen-bond donors (Lipinski definition) is 1. The number of ketones is 1. The van der Waals surface area contributed by atoms with Gasteiger partial charge in [0.2, 0.25) is 0 Å². The van der Waals surface area contributed by atoms with Crippen molar-refractivity contribution in [2.24, 2.45) is 4.99 Å². The summed E-state index contributed by atoms with van der Waals surface area (Å²) < 4.78 is 10.7. The monoisotopic (exact) mass is 597 g/mol. The zero-order valence-corrected chi connectivity index (χ0v) is 23.4. The molecule has 1 radical (unpaired) electrons. The first-order valence-electron chi connectivity index (χ1n) is 10.7. The van der Waals surface area contributed by atoms with Gasteiger partial charge in [0.1, 0.15) is 0 Å². The van der Waals surface area contributed by atoms with Crippen LogP contribution in [0, 0.1) is 0 Å². The Morgan fingerprint density at radius 2 is 1.53 bits per heavy atom. The van der Waals surface area contributed by atoms with Crippen LogP contribution in [0.2, 0.25) is 0 Å². The van der Waals surface area contributed by atoms with Crippen molar-refractivity contribution in [2.75, 3.05) is 78.8 Å². The zero-order chi connectivity index (χ0) is 25.0. The summed E-state index contributed by atoms with van der Waals surface area (Å²) in [5, 5.41) is 20.7. The minimum Gasteiger partial charge on any atom is -0.753 e. The van der Waals surface area contributed by atoms with E-state index in [1.807, 2.05) is 0 Å². The van der Waals surface area contributed by atoms with Gasteiger partial charge in [-0.1, -0.05) is 36.0 Å². The van der Waals surface area contributed by atoms with Crippen molar-refractivity contribution >= 4 is 58.4 Å². The van der Waals surface area contributed by atoms with E-state index in [4.69, 9.17) is 31.9 Å². The Morgan fingerprint density at radius 3 is 2.06 bits per heavy atom. The number of Topliss-reactive ketones (excluding diaryl/α,β-unsaturated/α-hetero) is 1. The predicted molar refractivity (Wildman–Crippen MR) is 147 cm³/mol. The second-order valence-electron chi connectivity index (χ2n) is 7.14. The van der Waals surface area contributed by atoms with Crippen LogP contribution < -0.4 is 5.32 Å². The summed E-state index contributed by atoms with van der Waals surface area (Å²) in [5.74, 6) is -0.0570. The molecular weight excluding hydrogens is 567 g/mol. The van der Waals surface area contributed by atoms with E-state index < -0.39 is 0 Å². The molecule has 0 aromatic rings. The molecule has 0 spiro atoms. The number of hydrogen-bond acceptors (Lipinski definition) is 9. The summed E-state index contributed by atoms with van der Waals surface area (Å²) in [6.45, 7) is 10.1. The Hall–Kier alpha value is -1.43. The molecule has 199 valence electrons. The molecule has 3 aliphatic rings. The molecule has 2 heterocycles. The smallest absolute Gasteiger partial charge is 0.753 e. The molecule has 1 aliphatic carbocycles. The summed E-state index contributed by atoms with van der Waals surface area (Å²) in [4.78, 5) is 21.7. The molecule has 10 nitrogen and oxygen atoms in total. The standard InChI is InChI=1S/C20H29ClN4O3.2CNS.Mn.H2O/c21-19-13-17(15-22-1-3-24-5-9-27-10-6-24)20(26)18(14-19)16-23-2-4-25-7-11-28-12-8-25;2*2-1-3;;/h13-16,22H,1-12H2;;;;1H2/q;2*-1;+2;/b17-15-,23-16?;;;;. The van der Waals surface area contributed by atoms with E-state index >= 15 is 0 Å². The van der Waals surface area contributed by atoms with Crippen LogP contribution in [0.1, 0.15) is 0 Å². The van der Waals surface area contributed by atoms with Gasteiger partial charge in [0.25, 0.3) is 0 Å². The van der Waals surface area contributed by atoms with Crippen LogP contribution in [0.5, 0.6) is 0 Å². The van der Waals surface area contributed by atoms with Gasteiger partial charge in [0.05, 0.1) is 33.0 Å². The van der Waals surface area contributed by atoms with Gasteiger partial charge in [-0.2, -0.15) is 10.3 Å². The van der Waals surface area contributed by atoms with E-state index in [9.17, 15) is 4.79 Å². The first-order valence-corrected chi connectivity index (χ1v) is 11.9. The second kappa shape index (κ2) is 23.9. The van der Waals surface area contributed by atoms with Crippen LogP contribution in [0.4, 0.5) is 0 Å². The minimum absolute atomic E-state index is 0. The van der Waals surface area contributed by atoms with Gasteiger partial charge < -0.3 is 31.1 Å². The molecule has 0 atom stereocenters. The normalized spacial score (nSPS) is 19.0. The van der Waals surface area contributed by atoms with E-state index in [0.717, 1.165) is 72.2 Å². The number of morpholine rings is 2. The van der Waals surface area contributed by atoms with Crippen LogP contribution in [-0.2, 0) is 31.3 Å². The molecule has 3 N–H and O–H groups in total. The molecule has 0 aromatic carbocycles. The number of aliphatic imine (C=N–C) groups is 1. The minimum atomic E-state index is -0.0570. The number of ether oxygens (including phenoxy) is 2. The zero-order valence-electron chi connectivity index (χ0n) is 19.8. The third kappa shape index (κ3) is 16.3. The maximum atomic E-state index is 12.6. The molecule has 2 aliphatic heterocycles. The van der Waals surface area contributed by atoms with Gasteiger partial charge in [-0.05, 0) is 12.2 Å². The molecule has 14 heteroatoms. The molecular formula is C22H31ClMnN6O4S2. The van der Waals surface area contributed by atoms with E-state index in [0.29, 0.717) is 22.7 Å². The van der Waals surface area contributed by atoms with E-state index in [1.165, 1.54) is 10.3 Å². The van der Waals surface area contributed by atoms with Gasteiger partial charge >= 0.3 is 17.1 Å². The van der Waals surface area contributed by atoms with Gasteiger partial charge in [0.15, 0.2) is 5.78 Å². The number of halogens is 1. The Balaban J connectivity index is 0. The van der Waals surface area contributed by atoms with Crippen molar-refractivity contribution in [3.05, 3.63) is 45.3 Å². The summed E-state index contributed by atoms with van der Waals surface area (Å²) >= 11 is 13.6. The third-order valence-corrected chi connectivity index (χ3v) is 5.14. The maximum absolute atomic E-state index is 12.6. The molecule has 36 heavy (non-hydrogen) atoms. The maximum Gasteiger partial charge on any atom is 2.00 e. The summed E-state index contributed by atoms with van der Waals surface area (Å²) in [6, 6.07) is 0. The SMILES string of the molecule is O.O=C1C(C=NCCN2CCOCC2)=CC(Cl)=C/C1=C/NCCN1CCOCC1.[Mn+2].[N-]=C=S.[N-]=C=S. The fourth-order valence-corrected chi connectivity index (χ4v) is 3.49. The van der Waals surface area contributed by atoms with E-state index in [1.54, 1.807) is 24.6 Å². The Labute approximate surface area is 238 Å². The van der Waals surface area contributed by atoms with Crippen molar-refractivity contribution < 1.29 is 36.8 Å². The number of isothiocyanates is 2. The van der Waals surface area contributed by atoms with Crippen molar-refractivity contribution in [1.29, 1.82) is 0 Å².